The van der Waals surface area contributed by atoms with Gasteiger partial charge in [-0.3, -0.25) is 9.59 Å². The van der Waals surface area contributed by atoms with Crippen LogP contribution in [0.1, 0.15) is 28.5 Å². The fourth-order valence-corrected chi connectivity index (χ4v) is 2.22. The number of halogens is 3. The zero-order valence-electron chi connectivity index (χ0n) is 14.7. The van der Waals surface area contributed by atoms with Crippen LogP contribution in [0, 0.1) is 6.92 Å². The van der Waals surface area contributed by atoms with Gasteiger partial charge in [0.05, 0.1) is 12.1 Å². The van der Waals surface area contributed by atoms with Crippen molar-refractivity contribution in [3.63, 3.8) is 0 Å². The highest BCUT2D eigenvalue weighted by Gasteiger charge is 2.29. The number of hydrogen-bond acceptors (Lipinski definition) is 4. The molecule has 144 valence electrons. The van der Waals surface area contributed by atoms with Crippen molar-refractivity contribution >= 4 is 17.6 Å². The van der Waals surface area contributed by atoms with Gasteiger partial charge in [0.15, 0.2) is 0 Å². The van der Waals surface area contributed by atoms with E-state index >= 15 is 0 Å². The number of nitrogens with zero attached hydrogens (tertiary/aromatic N) is 1. The maximum Gasteiger partial charge on any atom is 0.416 e. The van der Waals surface area contributed by atoms with Crippen molar-refractivity contribution in [3.8, 4) is 5.75 Å². The van der Waals surface area contributed by atoms with Crippen LogP contribution in [-0.4, -0.2) is 29.9 Å². The van der Waals surface area contributed by atoms with Gasteiger partial charge in [-0.2, -0.15) is 13.2 Å². The molecule has 2 rings (SSSR count). The molecule has 0 saturated heterocycles. The number of carbonyl (C=O) groups excluding carboxylic acids is 2. The number of anilines is 1. The fraction of sp³-hybridized carbons (Fsp3) is 0.278. The lowest BCUT2D eigenvalue weighted by Gasteiger charge is -2.10. The van der Waals surface area contributed by atoms with Gasteiger partial charge in [0.1, 0.15) is 18.2 Å². The van der Waals surface area contributed by atoms with Gasteiger partial charge in [-0.15, -0.1) is 0 Å². The van der Waals surface area contributed by atoms with E-state index in [9.17, 15) is 22.8 Å². The second kappa shape index (κ2) is 8.52. The number of hydrogen-bond donors (Lipinski definition) is 2. The molecular formula is C18H18F3N3O3. The largest absolute Gasteiger partial charge is 0.492 e. The Morgan fingerprint density at radius 3 is 2.41 bits per heavy atom. The normalized spacial score (nSPS) is 11.0. The van der Waals surface area contributed by atoms with E-state index in [1.807, 2.05) is 0 Å². The van der Waals surface area contributed by atoms with E-state index in [2.05, 4.69) is 15.6 Å². The molecule has 2 N–H and O–H groups in total. The lowest BCUT2D eigenvalue weighted by Crippen LogP contribution is -2.28. The van der Waals surface area contributed by atoms with Crippen LogP contribution < -0.4 is 15.4 Å². The maximum atomic E-state index is 12.5. The van der Waals surface area contributed by atoms with Gasteiger partial charge in [0, 0.05) is 18.2 Å². The van der Waals surface area contributed by atoms with Crippen molar-refractivity contribution in [3.05, 3.63) is 53.2 Å². The fourth-order valence-electron chi connectivity index (χ4n) is 2.22. The monoisotopic (exact) mass is 381 g/mol. The molecule has 0 aliphatic carbocycles. The first-order chi connectivity index (χ1) is 12.6. The first kappa shape index (κ1) is 20.2. The summed E-state index contributed by atoms with van der Waals surface area (Å²) in [4.78, 5) is 27.4. The van der Waals surface area contributed by atoms with Crippen LogP contribution in [0.3, 0.4) is 0 Å². The molecule has 1 aromatic carbocycles. The summed E-state index contributed by atoms with van der Waals surface area (Å²) in [5, 5.41) is 5.14. The Morgan fingerprint density at radius 1 is 1.15 bits per heavy atom. The van der Waals surface area contributed by atoms with E-state index in [4.69, 9.17) is 4.74 Å². The van der Waals surface area contributed by atoms with Crippen molar-refractivity contribution < 1.29 is 27.5 Å². The summed E-state index contributed by atoms with van der Waals surface area (Å²) in [6.07, 6.45) is -4.40. The van der Waals surface area contributed by atoms with E-state index in [1.165, 1.54) is 25.1 Å². The Kier molecular flexibility index (Phi) is 6.38. The third-order valence-electron chi connectivity index (χ3n) is 3.36. The average Bonchev–Trinajstić information content (AvgIpc) is 2.57. The first-order valence-corrected chi connectivity index (χ1v) is 7.99. The number of alkyl halides is 3. The van der Waals surface area contributed by atoms with E-state index in [1.54, 1.807) is 13.0 Å². The molecule has 0 saturated carbocycles. The molecule has 0 atom stereocenters. The number of aromatic nitrogens is 1. The van der Waals surface area contributed by atoms with Gasteiger partial charge in [-0.1, -0.05) is 0 Å². The number of aryl methyl sites for hydroxylation is 1. The average molecular weight is 381 g/mol. The molecule has 0 unspecified atom stereocenters. The minimum Gasteiger partial charge on any atom is -0.492 e. The van der Waals surface area contributed by atoms with E-state index in [-0.39, 0.29) is 36.5 Å². The zero-order valence-corrected chi connectivity index (χ0v) is 14.7. The van der Waals surface area contributed by atoms with Crippen LogP contribution in [-0.2, 0) is 11.0 Å². The van der Waals surface area contributed by atoms with Crippen molar-refractivity contribution in [1.82, 2.24) is 10.3 Å². The Hall–Kier alpha value is -3.10. The molecular weight excluding hydrogens is 363 g/mol. The highest BCUT2D eigenvalue weighted by molar-refractivity contribution is 5.96. The highest BCUT2D eigenvalue weighted by Crippen LogP contribution is 2.30. The van der Waals surface area contributed by atoms with E-state index in [0.717, 1.165) is 12.1 Å². The third-order valence-corrected chi connectivity index (χ3v) is 3.36. The molecule has 0 bridgehead atoms. The smallest absolute Gasteiger partial charge is 0.416 e. The summed E-state index contributed by atoms with van der Waals surface area (Å²) in [7, 11) is 0. The van der Waals surface area contributed by atoms with Gasteiger partial charge in [-0.25, -0.2) is 4.98 Å². The van der Waals surface area contributed by atoms with Crippen LogP contribution >= 0.6 is 0 Å². The molecule has 2 aromatic rings. The number of ether oxygens (including phenoxy) is 1. The summed E-state index contributed by atoms with van der Waals surface area (Å²) in [5.74, 6) is -0.147. The minimum absolute atomic E-state index is 0.0831. The molecule has 0 aliphatic rings. The molecule has 9 heteroatoms. The molecule has 0 aliphatic heterocycles. The minimum atomic E-state index is -4.40. The Bertz CT molecular complexity index is 821. The van der Waals surface area contributed by atoms with Crippen LogP contribution in [0.2, 0.25) is 0 Å². The van der Waals surface area contributed by atoms with Gasteiger partial charge >= 0.3 is 6.18 Å². The topological polar surface area (TPSA) is 80.3 Å². The van der Waals surface area contributed by atoms with Crippen LogP contribution in [0.25, 0.3) is 0 Å². The van der Waals surface area contributed by atoms with Gasteiger partial charge in [0.25, 0.3) is 5.91 Å². The van der Waals surface area contributed by atoms with Crippen LogP contribution in [0.4, 0.5) is 19.0 Å². The van der Waals surface area contributed by atoms with Crippen LogP contribution in [0.5, 0.6) is 5.75 Å². The third kappa shape index (κ3) is 6.28. The molecule has 1 heterocycles. The SMILES string of the molecule is CC(=O)Nc1cc(C(=O)NCCOc2ccc(C(F)(F)F)cc2)cc(C)n1. The lowest BCUT2D eigenvalue weighted by atomic mass is 10.2. The van der Waals surface area contributed by atoms with Crippen molar-refractivity contribution in [2.24, 2.45) is 0 Å². The van der Waals surface area contributed by atoms with Crippen molar-refractivity contribution in [2.75, 3.05) is 18.5 Å². The van der Waals surface area contributed by atoms with E-state index in [0.29, 0.717) is 11.3 Å². The molecule has 0 spiro atoms. The number of pyridine rings is 1. The van der Waals surface area contributed by atoms with Crippen molar-refractivity contribution in [1.29, 1.82) is 0 Å². The van der Waals surface area contributed by atoms with Gasteiger partial charge in [-0.05, 0) is 43.3 Å². The number of benzene rings is 1. The Balaban J connectivity index is 1.86. The molecule has 27 heavy (non-hydrogen) atoms. The van der Waals surface area contributed by atoms with Gasteiger partial charge < -0.3 is 15.4 Å². The van der Waals surface area contributed by atoms with Gasteiger partial charge in [0.2, 0.25) is 5.91 Å². The summed E-state index contributed by atoms with van der Waals surface area (Å²) in [5.41, 5.74) is 0.124. The Labute approximate surface area is 153 Å². The number of amides is 2. The number of nitrogens with one attached hydrogen (secondary N) is 2. The van der Waals surface area contributed by atoms with Crippen molar-refractivity contribution in [2.45, 2.75) is 20.0 Å². The van der Waals surface area contributed by atoms with Crippen LogP contribution in [0.15, 0.2) is 36.4 Å². The molecule has 2 amide bonds. The second-order valence-electron chi connectivity index (χ2n) is 5.69. The molecule has 6 nitrogen and oxygen atoms in total. The maximum absolute atomic E-state index is 12.5. The summed E-state index contributed by atoms with van der Waals surface area (Å²) in [6, 6.07) is 7.30. The lowest BCUT2D eigenvalue weighted by molar-refractivity contribution is -0.137. The quantitative estimate of drug-likeness (QED) is 0.754. The number of rotatable bonds is 6. The summed E-state index contributed by atoms with van der Waals surface area (Å²) >= 11 is 0. The highest BCUT2D eigenvalue weighted by atomic mass is 19.4. The molecule has 0 fully saturated rings. The predicted octanol–water partition coefficient (Wildman–Crippen LogP) is 3.18. The summed E-state index contributed by atoms with van der Waals surface area (Å²) < 4.78 is 42.8. The second-order valence-corrected chi connectivity index (χ2v) is 5.69. The first-order valence-electron chi connectivity index (χ1n) is 7.99. The number of carbonyl (C=O) groups is 2. The predicted molar refractivity (Wildman–Crippen MR) is 92.5 cm³/mol. The summed E-state index contributed by atoms with van der Waals surface area (Å²) in [6.45, 7) is 3.26. The van der Waals surface area contributed by atoms with E-state index < -0.39 is 11.7 Å². The molecule has 0 radical (unpaired) electrons. The Morgan fingerprint density at radius 2 is 1.81 bits per heavy atom. The molecule has 1 aromatic heterocycles. The standard InChI is InChI=1S/C18H18F3N3O3/c1-11-9-13(10-16(23-11)24-12(2)25)17(26)22-7-8-27-15-5-3-14(4-6-15)18(19,20)21/h3-6,9-10H,7-8H2,1-2H3,(H,22,26)(H,23,24,25). The zero-order chi connectivity index (χ0) is 20.0.